The minimum absolute atomic E-state index is 0.0258. The Morgan fingerprint density at radius 1 is 1.43 bits per heavy atom. The Morgan fingerprint density at radius 2 is 2.17 bits per heavy atom. The lowest BCUT2D eigenvalue weighted by Gasteiger charge is -2.24. The maximum absolute atomic E-state index is 13.7. The highest BCUT2D eigenvalue weighted by Crippen LogP contribution is 2.27. The van der Waals surface area contributed by atoms with Crippen LogP contribution < -0.4 is 4.90 Å². The molecule has 0 radical (unpaired) electrons. The maximum atomic E-state index is 13.7. The number of carbonyl (C=O) groups excluding carboxylic acids is 1. The quantitative estimate of drug-likeness (QED) is 0.938. The summed E-state index contributed by atoms with van der Waals surface area (Å²) in [5.41, 5.74) is 1.21. The van der Waals surface area contributed by atoms with E-state index in [0.717, 1.165) is 10.9 Å². The number of aliphatic hydroxyl groups is 1. The Morgan fingerprint density at radius 3 is 2.87 bits per heavy atom. The SMILES string of the molecule is CN(C)c1cc(C(=O)N2C[C@@H](F)C[C@H]2CO)c2ccccc2n1. The number of hydrogen-bond donors (Lipinski definition) is 1. The number of carbonyl (C=O) groups is 1. The minimum Gasteiger partial charge on any atom is -0.394 e. The second kappa shape index (κ2) is 6.12. The first-order chi connectivity index (χ1) is 11.0. The number of benzene rings is 1. The molecule has 0 spiro atoms. The molecule has 122 valence electrons. The van der Waals surface area contributed by atoms with Crippen molar-refractivity contribution in [2.24, 2.45) is 0 Å². The van der Waals surface area contributed by atoms with Crippen LogP contribution in [-0.2, 0) is 0 Å². The molecule has 1 aliphatic rings. The van der Waals surface area contributed by atoms with E-state index in [2.05, 4.69) is 4.98 Å². The number of amides is 1. The molecule has 0 bridgehead atoms. The summed E-state index contributed by atoms with van der Waals surface area (Å²) in [4.78, 5) is 20.7. The predicted octanol–water partition coefficient (Wildman–Crippen LogP) is 1.85. The van der Waals surface area contributed by atoms with Crippen LogP contribution >= 0.6 is 0 Å². The van der Waals surface area contributed by atoms with Gasteiger partial charge in [-0.1, -0.05) is 18.2 Å². The highest BCUT2D eigenvalue weighted by Gasteiger charge is 2.36. The first kappa shape index (κ1) is 15.7. The zero-order valence-corrected chi connectivity index (χ0v) is 13.2. The number of likely N-dealkylation sites (tertiary alicyclic amines) is 1. The van der Waals surface area contributed by atoms with Gasteiger partial charge in [0.25, 0.3) is 5.91 Å². The highest BCUT2D eigenvalue weighted by atomic mass is 19.1. The number of aromatic nitrogens is 1. The van der Waals surface area contributed by atoms with Crippen LogP contribution in [0.25, 0.3) is 10.9 Å². The van der Waals surface area contributed by atoms with E-state index < -0.39 is 12.2 Å². The largest absolute Gasteiger partial charge is 0.394 e. The molecule has 0 saturated carbocycles. The van der Waals surface area contributed by atoms with Crippen LogP contribution in [0.2, 0.25) is 0 Å². The summed E-state index contributed by atoms with van der Waals surface area (Å²) in [5.74, 6) is 0.412. The zero-order chi connectivity index (χ0) is 16.6. The average Bonchev–Trinajstić information content (AvgIpc) is 2.94. The molecule has 1 fully saturated rings. The van der Waals surface area contributed by atoms with Gasteiger partial charge in [0, 0.05) is 25.9 Å². The second-order valence-corrected chi connectivity index (χ2v) is 6.07. The first-order valence-electron chi connectivity index (χ1n) is 7.64. The van der Waals surface area contributed by atoms with Crippen molar-refractivity contribution < 1.29 is 14.3 Å². The van der Waals surface area contributed by atoms with Crippen LogP contribution in [-0.4, -0.2) is 60.4 Å². The normalized spacial score (nSPS) is 21.0. The number of hydrogen-bond acceptors (Lipinski definition) is 4. The maximum Gasteiger partial charge on any atom is 0.255 e. The summed E-state index contributed by atoms with van der Waals surface area (Å²) < 4.78 is 13.7. The third-order valence-electron chi connectivity index (χ3n) is 4.23. The molecule has 1 saturated heterocycles. The van der Waals surface area contributed by atoms with Gasteiger partial charge in [-0.05, 0) is 12.1 Å². The van der Waals surface area contributed by atoms with Crippen LogP contribution in [0.15, 0.2) is 30.3 Å². The summed E-state index contributed by atoms with van der Waals surface area (Å²) in [6, 6.07) is 8.67. The highest BCUT2D eigenvalue weighted by molar-refractivity contribution is 6.07. The molecule has 6 heteroatoms. The van der Waals surface area contributed by atoms with E-state index in [9.17, 15) is 14.3 Å². The monoisotopic (exact) mass is 317 g/mol. The number of nitrogens with zero attached hydrogens (tertiary/aromatic N) is 3. The fourth-order valence-corrected chi connectivity index (χ4v) is 3.00. The van der Waals surface area contributed by atoms with Crippen molar-refractivity contribution in [1.29, 1.82) is 0 Å². The topological polar surface area (TPSA) is 56.7 Å². The standard InChI is InChI=1S/C17H20FN3O2/c1-20(2)16-8-14(13-5-3-4-6-15(13)19-16)17(23)21-9-11(18)7-12(21)10-22/h3-6,8,11-12,22H,7,9-10H2,1-2H3/t11-,12-/m0/s1. The number of para-hydroxylation sites is 1. The fourth-order valence-electron chi connectivity index (χ4n) is 3.00. The molecule has 5 nitrogen and oxygen atoms in total. The van der Waals surface area contributed by atoms with Gasteiger partial charge >= 0.3 is 0 Å². The molecule has 1 N–H and O–H groups in total. The number of fused-ring (bicyclic) bond motifs is 1. The van der Waals surface area contributed by atoms with Crippen molar-refractivity contribution in [3.05, 3.63) is 35.9 Å². The lowest BCUT2D eigenvalue weighted by Crippen LogP contribution is -2.38. The van der Waals surface area contributed by atoms with E-state index in [1.165, 1.54) is 4.90 Å². The summed E-state index contributed by atoms with van der Waals surface area (Å²) in [6.45, 7) is -0.201. The van der Waals surface area contributed by atoms with Crippen molar-refractivity contribution in [2.75, 3.05) is 32.1 Å². The summed E-state index contributed by atoms with van der Waals surface area (Å²) in [6.07, 6.45) is -0.899. The van der Waals surface area contributed by atoms with E-state index in [1.54, 1.807) is 6.07 Å². The molecule has 0 unspecified atom stereocenters. The Bertz CT molecular complexity index is 735. The summed E-state index contributed by atoms with van der Waals surface area (Å²) in [7, 11) is 3.71. The number of pyridine rings is 1. The number of alkyl halides is 1. The van der Waals surface area contributed by atoms with Gasteiger partial charge in [0.15, 0.2) is 0 Å². The van der Waals surface area contributed by atoms with Crippen molar-refractivity contribution in [1.82, 2.24) is 9.88 Å². The van der Waals surface area contributed by atoms with Gasteiger partial charge in [0.2, 0.25) is 0 Å². The third-order valence-corrected chi connectivity index (χ3v) is 4.23. The smallest absolute Gasteiger partial charge is 0.255 e. The van der Waals surface area contributed by atoms with Crippen molar-refractivity contribution in [2.45, 2.75) is 18.6 Å². The molecular formula is C17H20FN3O2. The predicted molar refractivity (Wildman–Crippen MR) is 87.5 cm³/mol. The third kappa shape index (κ3) is 2.86. The number of rotatable bonds is 3. The van der Waals surface area contributed by atoms with Crippen molar-refractivity contribution >= 4 is 22.6 Å². The van der Waals surface area contributed by atoms with E-state index in [1.807, 2.05) is 43.3 Å². The number of halogens is 1. The van der Waals surface area contributed by atoms with Gasteiger partial charge in [-0.25, -0.2) is 9.37 Å². The fraction of sp³-hybridized carbons (Fsp3) is 0.412. The lowest BCUT2D eigenvalue weighted by molar-refractivity contribution is 0.0675. The second-order valence-electron chi connectivity index (χ2n) is 6.07. The van der Waals surface area contributed by atoms with Gasteiger partial charge in [0.05, 0.1) is 30.3 Å². The summed E-state index contributed by atoms with van der Waals surface area (Å²) in [5, 5.41) is 10.2. The van der Waals surface area contributed by atoms with Gasteiger partial charge in [-0.15, -0.1) is 0 Å². The molecule has 23 heavy (non-hydrogen) atoms. The van der Waals surface area contributed by atoms with Crippen LogP contribution in [0.1, 0.15) is 16.8 Å². The van der Waals surface area contributed by atoms with Crippen LogP contribution in [0.3, 0.4) is 0 Å². The van der Waals surface area contributed by atoms with Gasteiger partial charge in [-0.2, -0.15) is 0 Å². The average molecular weight is 317 g/mol. The molecule has 1 amide bonds. The number of aliphatic hydroxyl groups excluding tert-OH is 1. The molecular weight excluding hydrogens is 297 g/mol. The molecule has 1 aromatic heterocycles. The van der Waals surface area contributed by atoms with Gasteiger partial charge in [-0.3, -0.25) is 4.79 Å². The Labute approximate surface area is 134 Å². The molecule has 2 aromatic rings. The summed E-state index contributed by atoms with van der Waals surface area (Å²) >= 11 is 0. The first-order valence-corrected chi connectivity index (χ1v) is 7.64. The van der Waals surface area contributed by atoms with Gasteiger partial charge in [0.1, 0.15) is 12.0 Å². The van der Waals surface area contributed by atoms with Crippen molar-refractivity contribution in [3.8, 4) is 0 Å². The molecule has 1 aliphatic heterocycles. The Kier molecular flexibility index (Phi) is 4.17. The number of anilines is 1. The Hall–Kier alpha value is -2.21. The minimum atomic E-state index is -1.09. The van der Waals surface area contributed by atoms with E-state index in [0.29, 0.717) is 11.4 Å². The van der Waals surface area contributed by atoms with Crippen LogP contribution in [0, 0.1) is 0 Å². The van der Waals surface area contributed by atoms with Gasteiger partial charge < -0.3 is 14.9 Å². The van der Waals surface area contributed by atoms with E-state index in [-0.39, 0.29) is 25.5 Å². The zero-order valence-electron chi connectivity index (χ0n) is 13.2. The lowest BCUT2D eigenvalue weighted by atomic mass is 10.1. The Balaban J connectivity index is 2.09. The molecule has 0 aliphatic carbocycles. The van der Waals surface area contributed by atoms with E-state index in [4.69, 9.17) is 0 Å². The molecule has 2 heterocycles. The molecule has 2 atom stereocenters. The van der Waals surface area contributed by atoms with Crippen LogP contribution in [0.5, 0.6) is 0 Å². The van der Waals surface area contributed by atoms with E-state index >= 15 is 0 Å². The molecule has 1 aromatic carbocycles. The molecule has 3 rings (SSSR count). The van der Waals surface area contributed by atoms with Crippen molar-refractivity contribution in [3.63, 3.8) is 0 Å². The van der Waals surface area contributed by atoms with Crippen LogP contribution in [0.4, 0.5) is 10.2 Å².